The Morgan fingerprint density at radius 1 is 0.636 bits per heavy atom. The molecule has 2 heterocycles. The Morgan fingerprint density at radius 2 is 0.970 bits per heavy atom. The van der Waals surface area contributed by atoms with Crippen molar-refractivity contribution >= 4 is 72.9 Å². The van der Waals surface area contributed by atoms with Gasteiger partial charge in [0.15, 0.2) is 0 Å². The molecule has 4 rings (SSSR count). The minimum absolute atomic E-state index is 0. The van der Waals surface area contributed by atoms with Gasteiger partial charge in [-0.1, -0.05) is 23.2 Å². The summed E-state index contributed by atoms with van der Waals surface area (Å²) in [4.78, 5) is 26.0. The number of carboxylic acids is 2. The van der Waals surface area contributed by atoms with Gasteiger partial charge in [0.1, 0.15) is 23.0 Å². The predicted octanol–water partition coefficient (Wildman–Crippen LogP) is 3.27. The van der Waals surface area contributed by atoms with Crippen LogP contribution in [0.1, 0.15) is 21.0 Å². The number of nitrogens with one attached hydrogen (secondary N) is 2. The zero-order valence-corrected chi connectivity index (χ0v) is 20.6. The zero-order valence-electron chi connectivity index (χ0n) is 16.8. The van der Waals surface area contributed by atoms with Gasteiger partial charge in [0.25, 0.3) is 0 Å². The maximum Gasteiger partial charge on any atom is 2.00 e. The van der Waals surface area contributed by atoms with Gasteiger partial charge in [-0.3, -0.25) is 0 Å². The van der Waals surface area contributed by atoms with Crippen LogP contribution in [-0.4, -0.2) is 59.6 Å². The number of carbonyl (C=O) groups is 2. The Balaban J connectivity index is 0.000000227. The van der Waals surface area contributed by atoms with Crippen LogP contribution in [0.4, 0.5) is 0 Å². The Kier molecular flexibility index (Phi) is 10.1. The molecule has 33 heavy (non-hydrogen) atoms. The topological polar surface area (TPSA) is 130 Å². The van der Waals surface area contributed by atoms with E-state index in [1.54, 1.807) is 48.5 Å². The number of aromatic carboxylic acids is 2. The average molecular weight is 513 g/mol. The summed E-state index contributed by atoms with van der Waals surface area (Å²) in [6, 6.07) is 16.2. The number of aromatic amines is 2. The first-order chi connectivity index (χ1) is 15.3. The van der Waals surface area contributed by atoms with Crippen molar-refractivity contribution in [3.63, 3.8) is 0 Å². The van der Waals surface area contributed by atoms with Gasteiger partial charge in [-0.2, -0.15) is 0 Å². The van der Waals surface area contributed by atoms with Gasteiger partial charge in [0, 0.05) is 34.6 Å². The summed E-state index contributed by atoms with van der Waals surface area (Å²) in [5.74, 6) is -0.582. The van der Waals surface area contributed by atoms with Crippen LogP contribution in [0.25, 0.3) is 0 Å². The molecule has 0 aliphatic carbocycles. The Bertz CT molecular complexity index is 1110. The van der Waals surface area contributed by atoms with Gasteiger partial charge < -0.3 is 39.2 Å². The minimum atomic E-state index is -1.27. The standard InChI is InChI=1S/2C11H8ClNO3.Ca/c2*12-7-1-3-8(4-2-7)16-9-5-10(11(14)15)13-6-9;/h2*1-6,13H,(H,14,15);/q;;+2/p-2. The third-order valence-corrected chi connectivity index (χ3v) is 4.36. The average Bonchev–Trinajstić information content (AvgIpc) is 3.42. The third kappa shape index (κ3) is 8.34. The molecule has 4 aromatic rings. The maximum atomic E-state index is 10.5. The van der Waals surface area contributed by atoms with Crippen molar-refractivity contribution in [3.05, 3.63) is 94.5 Å². The fourth-order valence-corrected chi connectivity index (χ4v) is 2.63. The van der Waals surface area contributed by atoms with Gasteiger partial charge in [-0.05, 0) is 48.5 Å². The van der Waals surface area contributed by atoms with Crippen LogP contribution in [0.3, 0.4) is 0 Å². The van der Waals surface area contributed by atoms with Crippen LogP contribution in [0.5, 0.6) is 23.0 Å². The van der Waals surface area contributed by atoms with Crippen molar-refractivity contribution in [2.75, 3.05) is 0 Å². The number of H-pyrrole nitrogens is 2. The summed E-state index contributed by atoms with van der Waals surface area (Å²) in [5.41, 5.74) is -0.0482. The van der Waals surface area contributed by atoms with Crippen LogP contribution in [0, 0.1) is 0 Å². The number of carbonyl (C=O) groups excluding carboxylic acids is 2. The van der Waals surface area contributed by atoms with Crippen molar-refractivity contribution in [1.29, 1.82) is 0 Å². The number of halogens is 2. The zero-order chi connectivity index (χ0) is 23.1. The summed E-state index contributed by atoms with van der Waals surface area (Å²) in [7, 11) is 0. The number of carboxylic acid groups (broad SMARTS) is 2. The molecule has 0 radical (unpaired) electrons. The van der Waals surface area contributed by atoms with E-state index in [-0.39, 0.29) is 49.1 Å². The molecule has 0 aliphatic rings. The van der Waals surface area contributed by atoms with Crippen molar-refractivity contribution in [3.8, 4) is 23.0 Å². The molecule has 0 amide bonds. The largest absolute Gasteiger partial charge is 2.00 e. The Morgan fingerprint density at radius 3 is 1.24 bits per heavy atom. The van der Waals surface area contributed by atoms with Gasteiger partial charge >= 0.3 is 37.7 Å². The van der Waals surface area contributed by atoms with E-state index in [1.165, 1.54) is 24.5 Å². The third-order valence-electron chi connectivity index (χ3n) is 3.85. The van der Waals surface area contributed by atoms with Crippen molar-refractivity contribution in [2.45, 2.75) is 0 Å². The van der Waals surface area contributed by atoms with Crippen molar-refractivity contribution < 1.29 is 29.3 Å². The summed E-state index contributed by atoms with van der Waals surface area (Å²) in [6.07, 6.45) is 2.89. The summed E-state index contributed by atoms with van der Waals surface area (Å²) < 4.78 is 10.8. The van der Waals surface area contributed by atoms with E-state index in [0.717, 1.165) is 0 Å². The van der Waals surface area contributed by atoms with E-state index < -0.39 is 11.9 Å². The van der Waals surface area contributed by atoms with Crippen LogP contribution in [0.15, 0.2) is 73.1 Å². The molecule has 0 aliphatic heterocycles. The quantitative estimate of drug-likeness (QED) is 0.381. The number of hydrogen-bond donors (Lipinski definition) is 2. The Labute approximate surface area is 228 Å². The van der Waals surface area contributed by atoms with E-state index in [2.05, 4.69) is 9.97 Å². The predicted molar refractivity (Wildman–Crippen MR) is 119 cm³/mol. The summed E-state index contributed by atoms with van der Waals surface area (Å²) >= 11 is 11.4. The van der Waals surface area contributed by atoms with Crippen LogP contribution in [-0.2, 0) is 0 Å². The second-order valence-electron chi connectivity index (χ2n) is 6.18. The van der Waals surface area contributed by atoms with E-state index >= 15 is 0 Å². The molecule has 2 aromatic carbocycles. The fourth-order valence-electron chi connectivity index (χ4n) is 2.38. The first kappa shape index (κ1) is 26.6. The van der Waals surface area contributed by atoms with Gasteiger partial charge in [-0.15, -0.1) is 0 Å². The molecule has 8 nitrogen and oxygen atoms in total. The van der Waals surface area contributed by atoms with E-state index in [0.29, 0.717) is 33.0 Å². The Hall–Kier alpha value is -2.62. The second kappa shape index (κ2) is 12.6. The van der Waals surface area contributed by atoms with Gasteiger partial charge in [-0.25, -0.2) is 0 Å². The smallest absolute Gasteiger partial charge is 0.543 e. The number of rotatable bonds is 6. The molecule has 0 unspecified atom stereocenters. The number of hydrogen-bond acceptors (Lipinski definition) is 6. The molecule has 164 valence electrons. The molecule has 0 atom stereocenters. The summed E-state index contributed by atoms with van der Waals surface area (Å²) in [6.45, 7) is 0. The molecular formula is C22H14CaCl2N2O6. The SMILES string of the molecule is O=C([O-])c1cc(Oc2ccc(Cl)cc2)c[nH]1.O=C([O-])c1cc(Oc2ccc(Cl)cc2)c[nH]1.[Ca+2]. The monoisotopic (exact) mass is 512 g/mol. The fraction of sp³-hybridized carbons (Fsp3) is 0. The molecule has 0 spiro atoms. The van der Waals surface area contributed by atoms with Gasteiger partial charge in [0.2, 0.25) is 0 Å². The molecule has 2 N–H and O–H groups in total. The van der Waals surface area contributed by atoms with Crippen LogP contribution in [0.2, 0.25) is 10.0 Å². The molecule has 11 heteroatoms. The van der Waals surface area contributed by atoms with Crippen LogP contribution >= 0.6 is 23.2 Å². The second-order valence-corrected chi connectivity index (χ2v) is 7.06. The minimum Gasteiger partial charge on any atom is -0.543 e. The normalized spacial score (nSPS) is 9.76. The molecular weight excluding hydrogens is 499 g/mol. The van der Waals surface area contributed by atoms with E-state index in [4.69, 9.17) is 32.7 Å². The number of benzene rings is 2. The molecule has 0 saturated carbocycles. The molecule has 0 saturated heterocycles. The van der Waals surface area contributed by atoms with E-state index in [9.17, 15) is 19.8 Å². The van der Waals surface area contributed by atoms with Gasteiger partial charge in [0.05, 0.1) is 23.3 Å². The van der Waals surface area contributed by atoms with Crippen LogP contribution < -0.4 is 19.7 Å². The maximum absolute atomic E-state index is 10.5. The number of ether oxygens (including phenoxy) is 2. The molecule has 0 fully saturated rings. The van der Waals surface area contributed by atoms with Crippen molar-refractivity contribution in [1.82, 2.24) is 9.97 Å². The first-order valence-corrected chi connectivity index (χ1v) is 9.72. The van der Waals surface area contributed by atoms with E-state index in [1.807, 2.05) is 0 Å². The molecule has 0 bridgehead atoms. The van der Waals surface area contributed by atoms with Crippen molar-refractivity contribution in [2.24, 2.45) is 0 Å². The first-order valence-electron chi connectivity index (χ1n) is 8.96. The summed E-state index contributed by atoms with van der Waals surface area (Å²) in [5, 5.41) is 22.2. The number of aromatic nitrogens is 2. The molecule has 2 aromatic heterocycles.